The zero-order chi connectivity index (χ0) is 17.7. The molecule has 2 aromatic rings. The van der Waals surface area contributed by atoms with Crippen LogP contribution in [0.15, 0.2) is 46.1 Å². The molecule has 1 aliphatic carbocycles. The third-order valence-corrected chi connectivity index (χ3v) is 5.74. The topological polar surface area (TPSA) is 45.7 Å². The smallest absolute Gasteiger partial charge is 0.191 e. The maximum Gasteiger partial charge on any atom is 0.191 e. The first-order valence-electron chi connectivity index (χ1n) is 8.78. The van der Waals surface area contributed by atoms with Gasteiger partial charge in [0.1, 0.15) is 5.75 Å². The van der Waals surface area contributed by atoms with Crippen LogP contribution in [0.5, 0.6) is 5.75 Å². The molecule has 4 nitrogen and oxygen atoms in total. The number of hydrogen-bond acceptors (Lipinski definition) is 3. The van der Waals surface area contributed by atoms with Crippen LogP contribution >= 0.6 is 11.3 Å². The van der Waals surface area contributed by atoms with Gasteiger partial charge in [-0.05, 0) is 47.2 Å². The van der Waals surface area contributed by atoms with Crippen molar-refractivity contribution in [2.75, 3.05) is 27.2 Å². The van der Waals surface area contributed by atoms with Crippen molar-refractivity contribution in [1.82, 2.24) is 10.6 Å². The second-order valence-electron chi connectivity index (χ2n) is 6.75. The number of methoxy groups -OCH3 is 1. The Kier molecular flexibility index (Phi) is 5.63. The van der Waals surface area contributed by atoms with Crippen LogP contribution in [0.25, 0.3) is 0 Å². The van der Waals surface area contributed by atoms with Crippen LogP contribution in [0.1, 0.15) is 36.8 Å². The van der Waals surface area contributed by atoms with Crippen LogP contribution in [0.2, 0.25) is 0 Å². The van der Waals surface area contributed by atoms with Gasteiger partial charge < -0.3 is 15.4 Å². The standard InChI is InChI=1S/C20H27N3OS/c1-15(16-8-11-25-13-16)12-22-19(21-2)23-14-20(9-10-20)17-6-4-5-7-18(17)24-3/h4-8,11,13,15H,9-10,12,14H2,1-3H3,(H2,21,22,23). The first-order valence-corrected chi connectivity index (χ1v) is 9.73. The number of para-hydroxylation sites is 1. The molecule has 0 spiro atoms. The molecule has 5 heteroatoms. The summed E-state index contributed by atoms with van der Waals surface area (Å²) in [5.41, 5.74) is 2.84. The Morgan fingerprint density at radius 1 is 1.28 bits per heavy atom. The van der Waals surface area contributed by atoms with Crippen molar-refractivity contribution in [3.8, 4) is 5.75 Å². The lowest BCUT2D eigenvalue weighted by Crippen LogP contribution is -2.42. The van der Waals surface area contributed by atoms with Crippen molar-refractivity contribution in [2.45, 2.75) is 31.1 Å². The molecular weight excluding hydrogens is 330 g/mol. The Balaban J connectivity index is 1.56. The fourth-order valence-corrected chi connectivity index (χ4v) is 3.95. The summed E-state index contributed by atoms with van der Waals surface area (Å²) >= 11 is 1.75. The normalized spacial score (nSPS) is 17.0. The van der Waals surface area contributed by atoms with Crippen LogP contribution in [-0.4, -0.2) is 33.2 Å². The molecule has 1 heterocycles. The summed E-state index contributed by atoms with van der Waals surface area (Å²) in [5, 5.41) is 11.3. The average molecular weight is 358 g/mol. The molecule has 0 saturated heterocycles. The molecule has 1 unspecified atom stereocenters. The lowest BCUT2D eigenvalue weighted by molar-refractivity contribution is 0.403. The van der Waals surface area contributed by atoms with Gasteiger partial charge in [-0.1, -0.05) is 25.1 Å². The maximum atomic E-state index is 5.55. The largest absolute Gasteiger partial charge is 0.496 e. The third kappa shape index (κ3) is 4.15. The van der Waals surface area contributed by atoms with Gasteiger partial charge in [0, 0.05) is 31.1 Å². The fraction of sp³-hybridized carbons (Fsp3) is 0.450. The number of nitrogens with one attached hydrogen (secondary N) is 2. The van der Waals surface area contributed by atoms with Crippen LogP contribution in [0.4, 0.5) is 0 Å². The van der Waals surface area contributed by atoms with E-state index in [0.717, 1.165) is 24.8 Å². The van der Waals surface area contributed by atoms with Gasteiger partial charge in [0.25, 0.3) is 0 Å². The minimum absolute atomic E-state index is 0.170. The van der Waals surface area contributed by atoms with Crippen molar-refractivity contribution in [3.63, 3.8) is 0 Å². The molecule has 1 fully saturated rings. The molecule has 1 aromatic heterocycles. The summed E-state index contributed by atoms with van der Waals surface area (Å²) in [6, 6.07) is 10.5. The van der Waals surface area contributed by atoms with Gasteiger partial charge in [-0.3, -0.25) is 4.99 Å². The molecule has 25 heavy (non-hydrogen) atoms. The van der Waals surface area contributed by atoms with Gasteiger partial charge in [0.05, 0.1) is 7.11 Å². The van der Waals surface area contributed by atoms with Gasteiger partial charge in [-0.25, -0.2) is 0 Å². The summed E-state index contributed by atoms with van der Waals surface area (Å²) in [7, 11) is 3.57. The molecule has 0 radical (unpaired) electrons. The average Bonchev–Trinajstić information content (AvgIpc) is 3.23. The van der Waals surface area contributed by atoms with Gasteiger partial charge in [-0.2, -0.15) is 11.3 Å². The highest BCUT2D eigenvalue weighted by atomic mass is 32.1. The molecule has 2 N–H and O–H groups in total. The van der Waals surface area contributed by atoms with Crippen molar-refractivity contribution < 1.29 is 4.74 Å². The summed E-state index contributed by atoms with van der Waals surface area (Å²) in [5.74, 6) is 2.31. The van der Waals surface area contributed by atoms with Crippen molar-refractivity contribution >= 4 is 17.3 Å². The van der Waals surface area contributed by atoms with E-state index in [1.807, 2.05) is 19.2 Å². The Morgan fingerprint density at radius 2 is 2.08 bits per heavy atom. The first kappa shape index (κ1) is 17.8. The van der Waals surface area contributed by atoms with E-state index in [9.17, 15) is 0 Å². The summed E-state index contributed by atoms with van der Waals surface area (Å²) in [6.45, 7) is 3.98. The second kappa shape index (κ2) is 7.91. The minimum Gasteiger partial charge on any atom is -0.496 e. The maximum absolute atomic E-state index is 5.55. The molecule has 1 atom stereocenters. The van der Waals surface area contributed by atoms with Gasteiger partial charge in [0.2, 0.25) is 0 Å². The molecule has 1 saturated carbocycles. The van der Waals surface area contributed by atoms with Crippen LogP contribution in [-0.2, 0) is 5.41 Å². The monoisotopic (exact) mass is 357 g/mol. The Labute approximate surface area is 154 Å². The summed E-state index contributed by atoms with van der Waals surface area (Å²) in [6.07, 6.45) is 2.37. The zero-order valence-corrected chi connectivity index (χ0v) is 16.0. The van der Waals surface area contributed by atoms with Crippen molar-refractivity contribution in [3.05, 3.63) is 52.2 Å². The van der Waals surface area contributed by atoms with Crippen LogP contribution in [0, 0.1) is 0 Å². The van der Waals surface area contributed by atoms with E-state index in [1.54, 1.807) is 18.4 Å². The SMILES string of the molecule is CN=C(NCC(C)c1ccsc1)NCC1(c2ccccc2OC)CC1. The fourth-order valence-electron chi connectivity index (χ4n) is 3.17. The lowest BCUT2D eigenvalue weighted by atomic mass is 9.95. The Bertz CT molecular complexity index is 707. The zero-order valence-electron chi connectivity index (χ0n) is 15.2. The van der Waals surface area contributed by atoms with E-state index in [2.05, 4.69) is 51.5 Å². The third-order valence-electron chi connectivity index (χ3n) is 5.04. The molecule has 0 bridgehead atoms. The molecule has 3 rings (SSSR count). The van der Waals surface area contributed by atoms with E-state index in [1.165, 1.54) is 24.0 Å². The van der Waals surface area contributed by atoms with Crippen LogP contribution < -0.4 is 15.4 Å². The highest BCUT2D eigenvalue weighted by Gasteiger charge is 2.46. The van der Waals surface area contributed by atoms with E-state index in [-0.39, 0.29) is 5.41 Å². The van der Waals surface area contributed by atoms with Crippen LogP contribution in [0.3, 0.4) is 0 Å². The lowest BCUT2D eigenvalue weighted by Gasteiger charge is -2.21. The molecule has 1 aliphatic rings. The number of benzene rings is 1. The first-order chi connectivity index (χ1) is 12.2. The van der Waals surface area contributed by atoms with Crippen molar-refractivity contribution in [2.24, 2.45) is 4.99 Å². The minimum atomic E-state index is 0.170. The highest BCUT2D eigenvalue weighted by molar-refractivity contribution is 7.07. The number of guanidine groups is 1. The number of rotatable bonds is 7. The van der Waals surface area contributed by atoms with E-state index < -0.39 is 0 Å². The molecule has 134 valence electrons. The Morgan fingerprint density at radius 3 is 2.72 bits per heavy atom. The number of nitrogens with zero attached hydrogens (tertiary/aromatic N) is 1. The Hall–Kier alpha value is -2.01. The van der Waals surface area contributed by atoms with E-state index in [4.69, 9.17) is 4.74 Å². The number of ether oxygens (including phenoxy) is 1. The quantitative estimate of drug-likeness (QED) is 0.586. The molecule has 0 aliphatic heterocycles. The van der Waals surface area contributed by atoms with Crippen molar-refractivity contribution in [1.29, 1.82) is 0 Å². The predicted molar refractivity (Wildman–Crippen MR) is 106 cm³/mol. The molecule has 1 aromatic carbocycles. The number of hydrogen-bond donors (Lipinski definition) is 2. The summed E-state index contributed by atoms with van der Waals surface area (Å²) < 4.78 is 5.55. The highest BCUT2D eigenvalue weighted by Crippen LogP contribution is 2.50. The van der Waals surface area contributed by atoms with Gasteiger partial charge in [-0.15, -0.1) is 0 Å². The van der Waals surface area contributed by atoms with Gasteiger partial charge in [0.15, 0.2) is 5.96 Å². The molecular formula is C20H27N3OS. The number of thiophene rings is 1. The van der Waals surface area contributed by atoms with E-state index in [0.29, 0.717) is 5.92 Å². The summed E-state index contributed by atoms with van der Waals surface area (Å²) in [4.78, 5) is 4.37. The second-order valence-corrected chi connectivity index (χ2v) is 7.53. The number of aliphatic imine (C=N–C) groups is 1. The predicted octanol–water partition coefficient (Wildman–Crippen LogP) is 3.76. The van der Waals surface area contributed by atoms with Gasteiger partial charge >= 0.3 is 0 Å². The van der Waals surface area contributed by atoms with E-state index >= 15 is 0 Å². The molecule has 0 amide bonds.